The Morgan fingerprint density at radius 2 is 1.94 bits per heavy atom. The van der Waals surface area contributed by atoms with Gasteiger partial charge in [0.25, 0.3) is 0 Å². The van der Waals surface area contributed by atoms with Gasteiger partial charge in [-0.2, -0.15) is 0 Å². The van der Waals surface area contributed by atoms with Gasteiger partial charge >= 0.3 is 0 Å². The first-order valence-electron chi connectivity index (χ1n) is 11.8. The Balaban J connectivity index is 1.18. The first kappa shape index (κ1) is 21.2. The maximum atomic E-state index is 5.84. The van der Waals surface area contributed by atoms with E-state index in [0.29, 0.717) is 6.04 Å². The van der Waals surface area contributed by atoms with Crippen LogP contribution in [0, 0.1) is 6.92 Å². The van der Waals surface area contributed by atoms with Gasteiger partial charge in [0.1, 0.15) is 5.69 Å². The molecule has 0 unspecified atom stereocenters. The number of nitrogens with zero attached hydrogens (tertiary/aromatic N) is 5. The SMILES string of the molecule is Cc1cc(N2CC(N(C)Cc3ccccc3)C2)ccc1-c1cn(C[C@H]2CCCCO2)nn1. The van der Waals surface area contributed by atoms with Gasteiger partial charge in [-0.25, -0.2) is 4.68 Å². The molecule has 2 saturated heterocycles. The fourth-order valence-corrected chi connectivity index (χ4v) is 4.75. The Morgan fingerprint density at radius 3 is 2.69 bits per heavy atom. The summed E-state index contributed by atoms with van der Waals surface area (Å²) < 4.78 is 7.77. The van der Waals surface area contributed by atoms with E-state index >= 15 is 0 Å². The molecule has 1 atom stereocenters. The standard InChI is InChI=1S/C26H33N5O/c1-20-14-22(30-16-23(17-30)29(2)15-21-8-4-3-5-9-21)11-12-25(20)26-19-31(28-27-26)18-24-10-6-7-13-32-24/h3-5,8-9,11-12,14,19,23-24H,6-7,10,13,15-18H2,1-2H3/t24-/m1/s1. The molecule has 6 nitrogen and oxygen atoms in total. The van der Waals surface area contributed by atoms with Crippen LogP contribution in [0.2, 0.25) is 0 Å². The van der Waals surface area contributed by atoms with Crippen molar-refractivity contribution in [3.05, 3.63) is 65.9 Å². The molecule has 0 saturated carbocycles. The second-order valence-electron chi connectivity index (χ2n) is 9.27. The molecule has 32 heavy (non-hydrogen) atoms. The second kappa shape index (κ2) is 9.43. The highest BCUT2D eigenvalue weighted by molar-refractivity contribution is 5.67. The van der Waals surface area contributed by atoms with Crippen LogP contribution in [0.15, 0.2) is 54.7 Å². The number of aromatic nitrogens is 3. The summed E-state index contributed by atoms with van der Waals surface area (Å²) in [5, 5.41) is 8.78. The maximum Gasteiger partial charge on any atom is 0.113 e. The summed E-state index contributed by atoms with van der Waals surface area (Å²) in [6, 6.07) is 18.0. The number of hydrogen-bond acceptors (Lipinski definition) is 5. The largest absolute Gasteiger partial charge is 0.376 e. The van der Waals surface area contributed by atoms with E-state index < -0.39 is 0 Å². The van der Waals surface area contributed by atoms with E-state index in [0.717, 1.165) is 50.5 Å². The molecule has 2 aromatic carbocycles. The lowest BCUT2D eigenvalue weighted by atomic mass is 10.0. The molecule has 0 N–H and O–H groups in total. The van der Waals surface area contributed by atoms with Crippen LogP contribution in [0.1, 0.15) is 30.4 Å². The minimum absolute atomic E-state index is 0.265. The van der Waals surface area contributed by atoms with E-state index in [1.807, 2.05) is 4.68 Å². The lowest BCUT2D eigenvalue weighted by Gasteiger charge is -2.45. The summed E-state index contributed by atoms with van der Waals surface area (Å²) in [6.45, 7) is 6.96. The molecule has 0 aliphatic carbocycles. The summed E-state index contributed by atoms with van der Waals surface area (Å²) in [6.07, 6.45) is 5.84. The minimum Gasteiger partial charge on any atom is -0.376 e. The lowest BCUT2D eigenvalue weighted by Crippen LogP contribution is -2.58. The van der Waals surface area contributed by atoms with Crippen LogP contribution in [0.3, 0.4) is 0 Å². The zero-order valence-electron chi connectivity index (χ0n) is 19.2. The third kappa shape index (κ3) is 4.71. The van der Waals surface area contributed by atoms with Crippen molar-refractivity contribution < 1.29 is 4.74 Å². The Hall–Kier alpha value is -2.70. The van der Waals surface area contributed by atoms with Crippen molar-refractivity contribution in [3.63, 3.8) is 0 Å². The van der Waals surface area contributed by atoms with Crippen molar-refractivity contribution in [1.29, 1.82) is 0 Å². The third-order valence-electron chi connectivity index (χ3n) is 6.81. The predicted molar refractivity (Wildman–Crippen MR) is 128 cm³/mol. The number of hydrogen-bond donors (Lipinski definition) is 0. The number of rotatable bonds is 7. The first-order valence-corrected chi connectivity index (χ1v) is 11.8. The third-order valence-corrected chi connectivity index (χ3v) is 6.81. The van der Waals surface area contributed by atoms with Crippen molar-refractivity contribution in [3.8, 4) is 11.3 Å². The van der Waals surface area contributed by atoms with Crippen molar-refractivity contribution in [2.45, 2.75) is 51.4 Å². The number of anilines is 1. The molecule has 2 aliphatic rings. The quantitative estimate of drug-likeness (QED) is 0.563. The normalized spacial score (nSPS) is 19.3. The molecule has 0 radical (unpaired) electrons. The van der Waals surface area contributed by atoms with E-state index in [1.165, 1.54) is 29.7 Å². The Labute approximate surface area is 190 Å². The molecule has 0 amide bonds. The zero-order valence-corrected chi connectivity index (χ0v) is 19.2. The van der Waals surface area contributed by atoms with E-state index in [2.05, 4.69) is 88.8 Å². The number of aryl methyl sites for hydroxylation is 1. The summed E-state index contributed by atoms with van der Waals surface area (Å²) >= 11 is 0. The van der Waals surface area contributed by atoms with Gasteiger partial charge in [0, 0.05) is 43.5 Å². The molecule has 0 spiro atoms. The number of likely N-dealkylation sites (N-methyl/N-ethyl adjacent to an activating group) is 1. The molecule has 5 rings (SSSR count). The van der Waals surface area contributed by atoms with E-state index in [4.69, 9.17) is 4.74 Å². The van der Waals surface area contributed by atoms with E-state index in [-0.39, 0.29) is 6.10 Å². The maximum absolute atomic E-state index is 5.84. The van der Waals surface area contributed by atoms with Crippen LogP contribution >= 0.6 is 0 Å². The molecule has 168 valence electrons. The molecular formula is C26H33N5O. The Bertz CT molecular complexity index is 1020. The van der Waals surface area contributed by atoms with Gasteiger partial charge in [-0.15, -0.1) is 5.10 Å². The van der Waals surface area contributed by atoms with Crippen LogP contribution in [0.25, 0.3) is 11.3 Å². The molecule has 2 aliphatic heterocycles. The molecule has 6 heteroatoms. The van der Waals surface area contributed by atoms with Crippen molar-refractivity contribution in [2.24, 2.45) is 0 Å². The molecule has 2 fully saturated rings. The highest BCUT2D eigenvalue weighted by atomic mass is 16.5. The fourth-order valence-electron chi connectivity index (χ4n) is 4.75. The van der Waals surface area contributed by atoms with Crippen molar-refractivity contribution in [2.75, 3.05) is 31.6 Å². The highest BCUT2D eigenvalue weighted by Crippen LogP contribution is 2.30. The predicted octanol–water partition coefficient (Wildman–Crippen LogP) is 4.14. The minimum atomic E-state index is 0.265. The molecule has 3 heterocycles. The van der Waals surface area contributed by atoms with Crippen molar-refractivity contribution >= 4 is 5.69 Å². The fraction of sp³-hybridized carbons (Fsp3) is 0.462. The molecular weight excluding hydrogens is 398 g/mol. The van der Waals surface area contributed by atoms with E-state index in [1.54, 1.807) is 0 Å². The van der Waals surface area contributed by atoms with Gasteiger partial charge in [-0.1, -0.05) is 41.6 Å². The van der Waals surface area contributed by atoms with Crippen LogP contribution in [-0.4, -0.2) is 58.8 Å². The average Bonchev–Trinajstić information content (AvgIpc) is 3.22. The van der Waals surface area contributed by atoms with Gasteiger partial charge in [-0.05, 0) is 56.5 Å². The van der Waals surface area contributed by atoms with Crippen LogP contribution in [0.4, 0.5) is 5.69 Å². The first-order chi connectivity index (χ1) is 15.7. The second-order valence-corrected chi connectivity index (χ2v) is 9.27. The Morgan fingerprint density at radius 1 is 1.09 bits per heavy atom. The summed E-state index contributed by atoms with van der Waals surface area (Å²) in [7, 11) is 2.23. The van der Waals surface area contributed by atoms with Gasteiger partial charge in [-0.3, -0.25) is 4.90 Å². The monoisotopic (exact) mass is 431 g/mol. The summed E-state index contributed by atoms with van der Waals surface area (Å²) in [5.74, 6) is 0. The molecule has 3 aromatic rings. The number of benzene rings is 2. The summed E-state index contributed by atoms with van der Waals surface area (Å²) in [5.41, 5.74) is 6.00. The van der Waals surface area contributed by atoms with Gasteiger partial charge < -0.3 is 9.64 Å². The highest BCUT2D eigenvalue weighted by Gasteiger charge is 2.30. The van der Waals surface area contributed by atoms with Crippen LogP contribution < -0.4 is 4.90 Å². The lowest BCUT2D eigenvalue weighted by molar-refractivity contribution is 0.00370. The van der Waals surface area contributed by atoms with Crippen LogP contribution in [-0.2, 0) is 17.8 Å². The Kier molecular flexibility index (Phi) is 6.23. The zero-order chi connectivity index (χ0) is 21.9. The smallest absolute Gasteiger partial charge is 0.113 e. The van der Waals surface area contributed by atoms with Gasteiger partial charge in [0.15, 0.2) is 0 Å². The molecule has 0 bridgehead atoms. The van der Waals surface area contributed by atoms with Crippen molar-refractivity contribution in [1.82, 2.24) is 19.9 Å². The summed E-state index contributed by atoms with van der Waals surface area (Å²) in [4.78, 5) is 4.92. The number of ether oxygens (including phenoxy) is 1. The topological polar surface area (TPSA) is 46.4 Å². The van der Waals surface area contributed by atoms with Gasteiger partial charge in [0.2, 0.25) is 0 Å². The van der Waals surface area contributed by atoms with Crippen LogP contribution in [0.5, 0.6) is 0 Å². The van der Waals surface area contributed by atoms with E-state index in [9.17, 15) is 0 Å². The van der Waals surface area contributed by atoms with Gasteiger partial charge in [0.05, 0.1) is 18.8 Å². The molecule has 1 aromatic heterocycles. The average molecular weight is 432 g/mol.